The number of hydrogen-bond acceptors (Lipinski definition) is 6. The number of nitrogens with one attached hydrogen (secondary N) is 1. The van der Waals surface area contributed by atoms with Crippen LogP contribution in [0.15, 0.2) is 82.8 Å². The maximum atomic E-state index is 13.6. The molecular formula is C29H25ClN4O4S. The van der Waals surface area contributed by atoms with Crippen molar-refractivity contribution in [3.8, 4) is 5.75 Å². The molecule has 0 unspecified atom stereocenters. The molecule has 39 heavy (non-hydrogen) atoms. The second kappa shape index (κ2) is 11.3. The van der Waals surface area contributed by atoms with Crippen molar-refractivity contribution in [3.63, 3.8) is 0 Å². The van der Waals surface area contributed by atoms with Crippen molar-refractivity contribution in [2.75, 3.05) is 6.54 Å². The first-order valence-electron chi connectivity index (χ1n) is 12.3. The van der Waals surface area contributed by atoms with E-state index in [-0.39, 0.29) is 17.7 Å². The Morgan fingerprint density at radius 1 is 1.15 bits per heavy atom. The van der Waals surface area contributed by atoms with Crippen LogP contribution in [0.4, 0.5) is 11.4 Å². The maximum Gasteiger partial charge on any atom is 0.269 e. The molecule has 4 aromatic rings. The number of benzene rings is 3. The number of fused-ring (bicyclic) bond motifs is 1. The molecule has 1 aliphatic rings. The SMILES string of the molecule is CC(C)Oc1ccc(/C=C2\SC(=Nc3ccc([N+](=O)[O-])cc3)N(CCc3c[nH]c4ccccc34)C2=O)cc1Cl. The number of rotatable bonds is 8. The number of nitro benzene ring substituents is 1. The summed E-state index contributed by atoms with van der Waals surface area (Å²) in [4.78, 5) is 34.3. The Morgan fingerprint density at radius 3 is 2.64 bits per heavy atom. The highest BCUT2D eigenvalue weighted by Gasteiger charge is 2.33. The normalized spacial score (nSPS) is 15.7. The fourth-order valence-electron chi connectivity index (χ4n) is 4.23. The largest absolute Gasteiger partial charge is 0.489 e. The number of amides is 1. The summed E-state index contributed by atoms with van der Waals surface area (Å²) < 4.78 is 5.72. The number of amidine groups is 1. The zero-order chi connectivity index (χ0) is 27.5. The minimum absolute atomic E-state index is 0.0115. The Balaban J connectivity index is 1.44. The number of H-pyrrole nitrogens is 1. The highest BCUT2D eigenvalue weighted by atomic mass is 35.5. The highest BCUT2D eigenvalue weighted by molar-refractivity contribution is 8.18. The van der Waals surface area contributed by atoms with E-state index in [0.29, 0.717) is 39.5 Å². The predicted molar refractivity (Wildman–Crippen MR) is 157 cm³/mol. The van der Waals surface area contributed by atoms with E-state index >= 15 is 0 Å². The number of carbonyl (C=O) groups excluding carboxylic acids is 1. The molecule has 1 aliphatic heterocycles. The molecule has 3 aromatic carbocycles. The zero-order valence-corrected chi connectivity index (χ0v) is 22.8. The van der Waals surface area contributed by atoms with Crippen LogP contribution in [0.2, 0.25) is 5.02 Å². The number of ether oxygens (including phenoxy) is 1. The summed E-state index contributed by atoms with van der Waals surface area (Å²) in [6, 6.07) is 19.4. The van der Waals surface area contributed by atoms with Gasteiger partial charge in [0.15, 0.2) is 5.17 Å². The van der Waals surface area contributed by atoms with Crippen molar-refractivity contribution in [1.82, 2.24) is 9.88 Å². The van der Waals surface area contributed by atoms with E-state index in [4.69, 9.17) is 16.3 Å². The molecule has 0 saturated carbocycles. The second-order valence-electron chi connectivity index (χ2n) is 9.20. The molecule has 5 rings (SSSR count). The van der Waals surface area contributed by atoms with Crippen LogP contribution in [0.3, 0.4) is 0 Å². The van der Waals surface area contributed by atoms with Gasteiger partial charge in [0.25, 0.3) is 11.6 Å². The Hall–Kier alpha value is -4.08. The fraction of sp³-hybridized carbons (Fsp3) is 0.172. The lowest BCUT2D eigenvalue weighted by atomic mass is 10.1. The monoisotopic (exact) mass is 560 g/mol. The molecular weight excluding hydrogens is 536 g/mol. The fourth-order valence-corrected chi connectivity index (χ4v) is 5.48. The number of thioether (sulfide) groups is 1. The van der Waals surface area contributed by atoms with E-state index in [1.807, 2.05) is 44.3 Å². The van der Waals surface area contributed by atoms with Crippen molar-refractivity contribution < 1.29 is 14.5 Å². The Labute approximate surface area is 234 Å². The number of nitrogens with zero attached hydrogens (tertiary/aromatic N) is 3. The lowest BCUT2D eigenvalue weighted by Gasteiger charge is -2.15. The number of non-ortho nitro benzene ring substituents is 1. The maximum absolute atomic E-state index is 13.6. The first-order valence-corrected chi connectivity index (χ1v) is 13.5. The number of aromatic amines is 1. The lowest BCUT2D eigenvalue weighted by molar-refractivity contribution is -0.384. The first-order chi connectivity index (χ1) is 18.8. The summed E-state index contributed by atoms with van der Waals surface area (Å²) in [6.07, 6.45) is 4.36. The molecule has 2 heterocycles. The van der Waals surface area contributed by atoms with Crippen LogP contribution in [0.25, 0.3) is 17.0 Å². The van der Waals surface area contributed by atoms with E-state index in [1.165, 1.54) is 23.9 Å². The van der Waals surface area contributed by atoms with Crippen LogP contribution < -0.4 is 4.74 Å². The van der Waals surface area contributed by atoms with Gasteiger partial charge in [-0.25, -0.2) is 4.99 Å². The Bertz CT molecular complexity index is 1610. The van der Waals surface area contributed by atoms with Crippen molar-refractivity contribution in [2.24, 2.45) is 4.99 Å². The number of halogens is 1. The zero-order valence-electron chi connectivity index (χ0n) is 21.3. The summed E-state index contributed by atoms with van der Waals surface area (Å²) in [5.74, 6) is 0.416. The summed E-state index contributed by atoms with van der Waals surface area (Å²) in [5.41, 5.74) is 3.40. The molecule has 0 radical (unpaired) electrons. The molecule has 0 atom stereocenters. The number of para-hydroxylation sites is 1. The van der Waals surface area contributed by atoms with Crippen LogP contribution >= 0.6 is 23.4 Å². The minimum Gasteiger partial charge on any atom is -0.489 e. The van der Waals surface area contributed by atoms with Crippen molar-refractivity contribution in [3.05, 3.63) is 104 Å². The third-order valence-corrected chi connectivity index (χ3v) is 7.37. The van der Waals surface area contributed by atoms with Crippen molar-refractivity contribution in [1.29, 1.82) is 0 Å². The van der Waals surface area contributed by atoms with Gasteiger partial charge in [0.05, 0.1) is 26.6 Å². The summed E-state index contributed by atoms with van der Waals surface area (Å²) in [6.45, 7) is 4.27. The first kappa shape index (κ1) is 26.5. The molecule has 8 nitrogen and oxygen atoms in total. The van der Waals surface area contributed by atoms with Gasteiger partial charge in [-0.1, -0.05) is 35.9 Å². The van der Waals surface area contributed by atoms with Gasteiger partial charge >= 0.3 is 0 Å². The van der Waals surface area contributed by atoms with E-state index in [9.17, 15) is 14.9 Å². The summed E-state index contributed by atoms with van der Waals surface area (Å²) in [5, 5.41) is 13.1. The van der Waals surface area contributed by atoms with Gasteiger partial charge in [0.2, 0.25) is 0 Å². The molecule has 1 N–H and O–H groups in total. The lowest BCUT2D eigenvalue weighted by Crippen LogP contribution is -2.31. The van der Waals surface area contributed by atoms with Gasteiger partial charge in [-0.2, -0.15) is 0 Å². The Morgan fingerprint density at radius 2 is 1.92 bits per heavy atom. The molecule has 0 aliphatic carbocycles. The number of hydrogen-bond donors (Lipinski definition) is 1. The smallest absolute Gasteiger partial charge is 0.269 e. The Kier molecular flexibility index (Phi) is 7.72. The van der Waals surface area contributed by atoms with Crippen molar-refractivity contribution in [2.45, 2.75) is 26.4 Å². The van der Waals surface area contributed by atoms with E-state index in [2.05, 4.69) is 16.0 Å². The van der Waals surface area contributed by atoms with Crippen LogP contribution in [0, 0.1) is 10.1 Å². The molecule has 10 heteroatoms. The third-order valence-electron chi connectivity index (χ3n) is 6.07. The van der Waals surface area contributed by atoms with Gasteiger partial charge in [-0.3, -0.25) is 19.8 Å². The van der Waals surface area contributed by atoms with E-state index < -0.39 is 4.92 Å². The molecule has 1 saturated heterocycles. The number of nitro groups is 1. The molecule has 198 valence electrons. The van der Waals surface area contributed by atoms with Crippen LogP contribution in [0.5, 0.6) is 5.75 Å². The van der Waals surface area contributed by atoms with Crippen LogP contribution in [0.1, 0.15) is 25.0 Å². The summed E-state index contributed by atoms with van der Waals surface area (Å²) in [7, 11) is 0. The predicted octanol–water partition coefficient (Wildman–Crippen LogP) is 7.36. The average molecular weight is 561 g/mol. The number of aliphatic imine (C=N–C) groups is 1. The highest BCUT2D eigenvalue weighted by Crippen LogP contribution is 2.36. The van der Waals surface area contributed by atoms with Crippen LogP contribution in [-0.2, 0) is 11.2 Å². The van der Waals surface area contributed by atoms with E-state index in [0.717, 1.165) is 22.0 Å². The van der Waals surface area contributed by atoms with Gasteiger partial charge in [-0.05, 0) is 79.6 Å². The molecule has 0 spiro atoms. The standard InChI is InChI=1S/C29H25ClN4O4S/c1-18(2)38-26-12-7-19(15-24(26)30)16-27-28(35)33(14-13-20-17-31-25-6-4-3-5-23(20)25)29(39-27)32-21-8-10-22(11-9-21)34(36)37/h3-12,15-18,31H,13-14H2,1-2H3/b27-16-,32-29?. The van der Waals surface area contributed by atoms with Gasteiger partial charge < -0.3 is 9.72 Å². The second-order valence-corrected chi connectivity index (χ2v) is 10.6. The topological polar surface area (TPSA) is 101 Å². The van der Waals surface area contributed by atoms with Crippen LogP contribution in [-0.4, -0.2) is 38.5 Å². The third kappa shape index (κ3) is 6.00. The van der Waals surface area contributed by atoms with Crippen molar-refractivity contribution >= 4 is 62.8 Å². The molecule has 0 bridgehead atoms. The number of carbonyl (C=O) groups is 1. The molecule has 1 amide bonds. The molecule has 1 fully saturated rings. The van der Waals surface area contributed by atoms with Gasteiger partial charge in [0, 0.05) is 35.8 Å². The average Bonchev–Trinajstić information content (AvgIpc) is 3.45. The van der Waals surface area contributed by atoms with E-state index in [1.54, 1.807) is 35.2 Å². The van der Waals surface area contributed by atoms with Gasteiger partial charge in [0.1, 0.15) is 5.75 Å². The van der Waals surface area contributed by atoms with Gasteiger partial charge in [-0.15, -0.1) is 0 Å². The minimum atomic E-state index is -0.457. The summed E-state index contributed by atoms with van der Waals surface area (Å²) >= 11 is 7.68. The molecule has 1 aromatic heterocycles. The quantitative estimate of drug-likeness (QED) is 0.138. The number of aromatic nitrogens is 1.